The van der Waals surface area contributed by atoms with Crippen molar-refractivity contribution in [3.05, 3.63) is 34.3 Å². The van der Waals surface area contributed by atoms with Crippen LogP contribution < -0.4 is 0 Å². The molecule has 2 heteroatoms. The Morgan fingerprint density at radius 1 is 1.55 bits per heavy atom. The van der Waals surface area contributed by atoms with Gasteiger partial charge in [-0.2, -0.15) is 0 Å². The second-order valence-electron chi connectivity index (χ2n) is 2.85. The Bertz CT molecular complexity index is 279. The van der Waals surface area contributed by atoms with Gasteiger partial charge in [0.2, 0.25) is 0 Å². The summed E-state index contributed by atoms with van der Waals surface area (Å²) in [5.74, 6) is 0. The van der Waals surface area contributed by atoms with Crippen LogP contribution in [0.1, 0.15) is 17.2 Å². The molecule has 1 nitrogen and oxygen atoms in total. The molecule has 0 spiro atoms. The van der Waals surface area contributed by atoms with Gasteiger partial charge in [0.25, 0.3) is 0 Å². The van der Waals surface area contributed by atoms with Crippen LogP contribution >= 0.6 is 11.6 Å². The third-order valence-corrected chi connectivity index (χ3v) is 2.16. The van der Waals surface area contributed by atoms with Gasteiger partial charge in [-0.25, -0.2) is 0 Å². The molecule has 0 radical (unpaired) electrons. The summed E-state index contributed by atoms with van der Waals surface area (Å²) in [5.41, 5.74) is 2.32. The first-order valence-corrected chi connectivity index (χ1v) is 4.03. The summed E-state index contributed by atoms with van der Waals surface area (Å²) < 4.78 is 5.13. The second kappa shape index (κ2) is 2.50. The van der Waals surface area contributed by atoms with Crippen molar-refractivity contribution in [2.45, 2.75) is 13.0 Å². The van der Waals surface area contributed by atoms with Crippen molar-refractivity contribution < 1.29 is 4.74 Å². The van der Waals surface area contributed by atoms with Gasteiger partial charge in [0.05, 0.1) is 6.61 Å². The van der Waals surface area contributed by atoms with Crippen LogP contribution in [0, 0.1) is 6.92 Å². The van der Waals surface area contributed by atoms with E-state index in [1.807, 2.05) is 19.1 Å². The van der Waals surface area contributed by atoms with Crippen molar-refractivity contribution in [3.63, 3.8) is 0 Å². The number of ether oxygens (including phenoxy) is 1. The molecule has 11 heavy (non-hydrogen) atoms. The van der Waals surface area contributed by atoms with Gasteiger partial charge in [-0.3, -0.25) is 0 Å². The smallest absolute Gasteiger partial charge is 0.107 e. The van der Waals surface area contributed by atoms with Gasteiger partial charge in [-0.05, 0) is 18.6 Å². The Balaban J connectivity index is 2.39. The van der Waals surface area contributed by atoms with Crippen LogP contribution in [0.4, 0.5) is 0 Å². The van der Waals surface area contributed by atoms with Crippen LogP contribution in [0.5, 0.6) is 0 Å². The van der Waals surface area contributed by atoms with Crippen molar-refractivity contribution in [3.8, 4) is 0 Å². The normalized spacial score (nSPS) is 21.8. The molecule has 0 N–H and O–H groups in total. The molecule has 0 bridgehead atoms. The lowest BCUT2D eigenvalue weighted by atomic mass is 10.1. The second-order valence-corrected chi connectivity index (χ2v) is 3.25. The van der Waals surface area contributed by atoms with E-state index in [2.05, 4.69) is 6.07 Å². The summed E-state index contributed by atoms with van der Waals surface area (Å²) in [4.78, 5) is 0. The van der Waals surface area contributed by atoms with Crippen LogP contribution in [0.2, 0.25) is 5.02 Å². The summed E-state index contributed by atoms with van der Waals surface area (Å²) in [6.45, 7) is 2.85. The number of hydrogen-bond donors (Lipinski definition) is 0. The molecule has 1 aliphatic rings. The highest BCUT2D eigenvalue weighted by Gasteiger charge is 2.26. The zero-order valence-corrected chi connectivity index (χ0v) is 7.06. The van der Waals surface area contributed by atoms with Gasteiger partial charge < -0.3 is 4.74 Å². The van der Waals surface area contributed by atoms with Gasteiger partial charge in [0, 0.05) is 10.6 Å². The Labute approximate surface area is 70.9 Å². The van der Waals surface area contributed by atoms with Crippen LogP contribution in [0.15, 0.2) is 18.2 Å². The van der Waals surface area contributed by atoms with Crippen LogP contribution in [-0.4, -0.2) is 6.61 Å². The molecule has 1 aromatic carbocycles. The number of hydrogen-bond acceptors (Lipinski definition) is 1. The fraction of sp³-hybridized carbons (Fsp3) is 0.333. The molecule has 1 heterocycles. The Morgan fingerprint density at radius 2 is 2.27 bits per heavy atom. The van der Waals surface area contributed by atoms with E-state index >= 15 is 0 Å². The van der Waals surface area contributed by atoms with Gasteiger partial charge in [0.15, 0.2) is 0 Å². The largest absolute Gasteiger partial charge is 0.368 e. The van der Waals surface area contributed by atoms with Crippen molar-refractivity contribution in [2.75, 3.05) is 6.61 Å². The van der Waals surface area contributed by atoms with Crippen molar-refractivity contribution in [1.29, 1.82) is 0 Å². The minimum Gasteiger partial charge on any atom is -0.368 e. The predicted molar refractivity (Wildman–Crippen MR) is 44.9 cm³/mol. The summed E-state index contributed by atoms with van der Waals surface area (Å²) in [6, 6.07) is 6.07. The molecule has 58 valence electrons. The highest BCUT2D eigenvalue weighted by molar-refractivity contribution is 6.31. The maximum atomic E-state index is 5.98. The number of aryl methyl sites for hydroxylation is 1. The molecule has 1 saturated heterocycles. The minimum absolute atomic E-state index is 0.267. The predicted octanol–water partition coefficient (Wildman–Crippen LogP) is 2.72. The average Bonchev–Trinajstić information content (AvgIpc) is 2.70. The van der Waals surface area contributed by atoms with E-state index in [0.29, 0.717) is 0 Å². The van der Waals surface area contributed by atoms with Crippen molar-refractivity contribution in [1.82, 2.24) is 0 Å². The molecule has 0 unspecified atom stereocenters. The van der Waals surface area contributed by atoms with Crippen LogP contribution in [0.3, 0.4) is 0 Å². The number of benzene rings is 1. The van der Waals surface area contributed by atoms with E-state index in [1.54, 1.807) is 0 Å². The van der Waals surface area contributed by atoms with E-state index in [0.717, 1.165) is 17.2 Å². The zero-order valence-electron chi connectivity index (χ0n) is 6.30. The van der Waals surface area contributed by atoms with Gasteiger partial charge in [-0.1, -0.05) is 23.7 Å². The molecule has 1 aliphatic heterocycles. The lowest BCUT2D eigenvalue weighted by Gasteiger charge is -1.99. The van der Waals surface area contributed by atoms with E-state index in [1.165, 1.54) is 5.56 Å². The van der Waals surface area contributed by atoms with E-state index < -0.39 is 0 Å². The molecule has 0 amide bonds. The average molecular weight is 169 g/mol. The van der Waals surface area contributed by atoms with E-state index in [9.17, 15) is 0 Å². The number of halogens is 1. The maximum Gasteiger partial charge on any atom is 0.107 e. The topological polar surface area (TPSA) is 12.5 Å². The minimum atomic E-state index is 0.267. The fourth-order valence-electron chi connectivity index (χ4n) is 1.12. The molecule has 0 aromatic heterocycles. The molecular formula is C9H9ClO. The first-order chi connectivity index (χ1) is 5.27. The van der Waals surface area contributed by atoms with Crippen molar-refractivity contribution >= 4 is 11.6 Å². The highest BCUT2D eigenvalue weighted by atomic mass is 35.5. The SMILES string of the molecule is Cc1ccc([C@H]2CO2)c(Cl)c1. The lowest BCUT2D eigenvalue weighted by molar-refractivity contribution is 0.415. The molecule has 1 fully saturated rings. The summed E-state index contributed by atoms with van der Waals surface area (Å²) in [5, 5.41) is 0.826. The van der Waals surface area contributed by atoms with Gasteiger partial charge >= 0.3 is 0 Å². The van der Waals surface area contributed by atoms with Gasteiger partial charge in [0.1, 0.15) is 6.10 Å². The summed E-state index contributed by atoms with van der Waals surface area (Å²) in [7, 11) is 0. The quantitative estimate of drug-likeness (QED) is 0.588. The standard InChI is InChI=1S/C9H9ClO/c1-6-2-3-7(8(10)4-6)9-5-11-9/h2-4,9H,5H2,1H3/t9-/m1/s1. The molecule has 0 aliphatic carbocycles. The molecule has 0 saturated carbocycles. The third kappa shape index (κ3) is 1.39. The first-order valence-electron chi connectivity index (χ1n) is 3.65. The monoisotopic (exact) mass is 168 g/mol. The Hall–Kier alpha value is -0.530. The summed E-state index contributed by atoms with van der Waals surface area (Å²) >= 11 is 5.98. The molecule has 1 aromatic rings. The Morgan fingerprint density at radius 3 is 2.82 bits per heavy atom. The van der Waals surface area contributed by atoms with Gasteiger partial charge in [-0.15, -0.1) is 0 Å². The molecule has 2 rings (SSSR count). The fourth-order valence-corrected chi connectivity index (χ4v) is 1.48. The highest BCUT2D eigenvalue weighted by Crippen LogP contribution is 2.34. The summed E-state index contributed by atoms with van der Waals surface area (Å²) in [6.07, 6.45) is 0.267. The van der Waals surface area contributed by atoms with E-state index in [-0.39, 0.29) is 6.10 Å². The van der Waals surface area contributed by atoms with Crippen LogP contribution in [-0.2, 0) is 4.74 Å². The van der Waals surface area contributed by atoms with Crippen LogP contribution in [0.25, 0.3) is 0 Å². The number of rotatable bonds is 1. The van der Waals surface area contributed by atoms with E-state index in [4.69, 9.17) is 16.3 Å². The lowest BCUT2D eigenvalue weighted by Crippen LogP contribution is -1.82. The first kappa shape index (κ1) is 7.14. The molecule has 1 atom stereocenters. The Kier molecular flexibility index (Phi) is 1.63. The molecular weight excluding hydrogens is 160 g/mol. The zero-order chi connectivity index (χ0) is 7.84. The maximum absolute atomic E-state index is 5.98. The number of epoxide rings is 1. The van der Waals surface area contributed by atoms with Crippen molar-refractivity contribution in [2.24, 2.45) is 0 Å². The third-order valence-electron chi connectivity index (χ3n) is 1.84.